The molecular formula is C13H10BF3O3. The first-order valence-corrected chi connectivity index (χ1v) is 5.70. The lowest BCUT2D eigenvalue weighted by Crippen LogP contribution is -2.32. The molecule has 104 valence electrons. The Morgan fingerprint density at radius 2 is 1.75 bits per heavy atom. The molecule has 0 unspecified atom stereocenters. The van der Waals surface area contributed by atoms with Crippen molar-refractivity contribution >= 4 is 12.6 Å². The SMILES string of the molecule is OB(O)c1ccc(OCc2cccc(F)c2F)cc1F. The summed E-state index contributed by atoms with van der Waals surface area (Å²) in [6.07, 6.45) is 0. The molecule has 0 saturated heterocycles. The number of hydrogen-bond donors (Lipinski definition) is 2. The minimum atomic E-state index is -1.93. The van der Waals surface area contributed by atoms with E-state index in [9.17, 15) is 13.2 Å². The summed E-state index contributed by atoms with van der Waals surface area (Å²) in [6.45, 7) is -0.274. The van der Waals surface area contributed by atoms with Crippen LogP contribution in [-0.2, 0) is 6.61 Å². The fraction of sp³-hybridized carbons (Fsp3) is 0.0769. The van der Waals surface area contributed by atoms with Crippen LogP contribution in [0.5, 0.6) is 5.75 Å². The van der Waals surface area contributed by atoms with E-state index in [1.165, 1.54) is 18.2 Å². The monoisotopic (exact) mass is 282 g/mol. The smallest absolute Gasteiger partial charge is 0.489 e. The van der Waals surface area contributed by atoms with Gasteiger partial charge in [0.15, 0.2) is 11.6 Å². The molecule has 0 atom stereocenters. The maximum Gasteiger partial charge on any atom is 0.491 e. The maximum absolute atomic E-state index is 13.4. The van der Waals surface area contributed by atoms with Gasteiger partial charge in [-0.25, -0.2) is 13.2 Å². The number of benzene rings is 2. The largest absolute Gasteiger partial charge is 0.491 e. The molecule has 0 aromatic heterocycles. The molecule has 0 heterocycles. The van der Waals surface area contributed by atoms with Gasteiger partial charge in [-0.15, -0.1) is 0 Å². The quantitative estimate of drug-likeness (QED) is 0.832. The van der Waals surface area contributed by atoms with Crippen molar-refractivity contribution in [3.8, 4) is 5.75 Å². The van der Waals surface area contributed by atoms with E-state index in [0.29, 0.717) is 0 Å². The summed E-state index contributed by atoms with van der Waals surface area (Å²) in [5, 5.41) is 17.7. The molecule has 7 heteroatoms. The molecule has 2 aromatic carbocycles. The molecule has 0 radical (unpaired) electrons. The Bertz CT molecular complexity index is 620. The lowest BCUT2D eigenvalue weighted by molar-refractivity contribution is 0.296. The van der Waals surface area contributed by atoms with Crippen molar-refractivity contribution in [1.82, 2.24) is 0 Å². The van der Waals surface area contributed by atoms with Crippen LogP contribution in [0, 0.1) is 17.5 Å². The first-order chi connectivity index (χ1) is 9.49. The lowest BCUT2D eigenvalue weighted by Gasteiger charge is -2.09. The molecule has 0 aliphatic rings. The van der Waals surface area contributed by atoms with E-state index in [4.69, 9.17) is 14.8 Å². The number of hydrogen-bond acceptors (Lipinski definition) is 3. The second-order valence-corrected chi connectivity index (χ2v) is 4.06. The van der Waals surface area contributed by atoms with Crippen molar-refractivity contribution < 1.29 is 28.0 Å². The summed E-state index contributed by atoms with van der Waals surface area (Å²) >= 11 is 0. The highest BCUT2D eigenvalue weighted by Gasteiger charge is 2.17. The third-order valence-electron chi connectivity index (χ3n) is 2.68. The highest BCUT2D eigenvalue weighted by Crippen LogP contribution is 2.16. The minimum Gasteiger partial charge on any atom is -0.489 e. The Labute approximate surface area is 113 Å². The van der Waals surface area contributed by atoms with Gasteiger partial charge in [0.1, 0.15) is 18.2 Å². The summed E-state index contributed by atoms with van der Waals surface area (Å²) in [7, 11) is -1.93. The van der Waals surface area contributed by atoms with E-state index < -0.39 is 24.6 Å². The zero-order chi connectivity index (χ0) is 14.7. The fourth-order valence-corrected chi connectivity index (χ4v) is 1.63. The van der Waals surface area contributed by atoms with Crippen LogP contribution in [-0.4, -0.2) is 17.2 Å². The van der Waals surface area contributed by atoms with Gasteiger partial charge < -0.3 is 14.8 Å². The van der Waals surface area contributed by atoms with Gasteiger partial charge in [-0.3, -0.25) is 0 Å². The topological polar surface area (TPSA) is 49.7 Å². The standard InChI is InChI=1S/C13H10BF3O3/c15-11-3-1-2-8(13(11)17)7-20-9-4-5-10(14(18)19)12(16)6-9/h1-6,18-19H,7H2. The summed E-state index contributed by atoms with van der Waals surface area (Å²) in [4.78, 5) is 0. The summed E-state index contributed by atoms with van der Waals surface area (Å²) < 4.78 is 44.9. The van der Waals surface area contributed by atoms with Gasteiger partial charge in [-0.2, -0.15) is 0 Å². The van der Waals surface area contributed by atoms with Crippen LogP contribution < -0.4 is 10.2 Å². The van der Waals surface area contributed by atoms with Crippen molar-refractivity contribution in [2.24, 2.45) is 0 Å². The van der Waals surface area contributed by atoms with Crippen LogP contribution in [0.15, 0.2) is 36.4 Å². The van der Waals surface area contributed by atoms with Gasteiger partial charge in [0.2, 0.25) is 0 Å². The molecule has 0 saturated carbocycles. The zero-order valence-electron chi connectivity index (χ0n) is 10.2. The van der Waals surface area contributed by atoms with E-state index in [2.05, 4.69) is 0 Å². The van der Waals surface area contributed by atoms with Gasteiger partial charge in [0.05, 0.1) is 0 Å². The average molecular weight is 282 g/mol. The fourth-order valence-electron chi connectivity index (χ4n) is 1.63. The van der Waals surface area contributed by atoms with Gasteiger partial charge in [-0.1, -0.05) is 18.2 Å². The van der Waals surface area contributed by atoms with Crippen molar-refractivity contribution in [3.63, 3.8) is 0 Å². The minimum absolute atomic E-state index is 0.00308. The van der Waals surface area contributed by atoms with Crippen LogP contribution >= 0.6 is 0 Å². The highest BCUT2D eigenvalue weighted by molar-refractivity contribution is 6.58. The Hall–Kier alpha value is -1.99. The molecular weight excluding hydrogens is 272 g/mol. The Morgan fingerprint density at radius 1 is 1.00 bits per heavy atom. The van der Waals surface area contributed by atoms with Crippen molar-refractivity contribution in [2.45, 2.75) is 6.61 Å². The normalized spacial score (nSPS) is 10.4. The molecule has 2 rings (SSSR count). The molecule has 0 fully saturated rings. The average Bonchev–Trinajstić information content (AvgIpc) is 2.40. The van der Waals surface area contributed by atoms with Crippen LogP contribution in [0.2, 0.25) is 0 Å². The van der Waals surface area contributed by atoms with E-state index in [1.54, 1.807) is 0 Å². The molecule has 0 aliphatic carbocycles. The number of halogens is 3. The molecule has 2 N–H and O–H groups in total. The predicted octanol–water partition coefficient (Wildman–Crippen LogP) is 1.36. The van der Waals surface area contributed by atoms with Crippen molar-refractivity contribution in [1.29, 1.82) is 0 Å². The molecule has 0 amide bonds. The maximum atomic E-state index is 13.4. The van der Waals surface area contributed by atoms with E-state index in [0.717, 1.165) is 18.2 Å². The van der Waals surface area contributed by atoms with Crippen LogP contribution in [0.1, 0.15) is 5.56 Å². The lowest BCUT2D eigenvalue weighted by atomic mass is 9.80. The molecule has 0 bridgehead atoms. The Morgan fingerprint density at radius 3 is 2.40 bits per heavy atom. The van der Waals surface area contributed by atoms with Crippen LogP contribution in [0.3, 0.4) is 0 Å². The molecule has 0 spiro atoms. The summed E-state index contributed by atoms with van der Waals surface area (Å²) in [5.41, 5.74) is -0.300. The van der Waals surface area contributed by atoms with Crippen LogP contribution in [0.25, 0.3) is 0 Å². The van der Waals surface area contributed by atoms with Crippen LogP contribution in [0.4, 0.5) is 13.2 Å². The summed E-state index contributed by atoms with van der Waals surface area (Å²) in [6, 6.07) is 7.04. The van der Waals surface area contributed by atoms with Gasteiger partial charge >= 0.3 is 7.12 Å². The van der Waals surface area contributed by atoms with E-state index >= 15 is 0 Å². The van der Waals surface area contributed by atoms with Crippen molar-refractivity contribution in [2.75, 3.05) is 0 Å². The first-order valence-electron chi connectivity index (χ1n) is 5.70. The third-order valence-corrected chi connectivity index (χ3v) is 2.68. The van der Waals surface area contributed by atoms with Gasteiger partial charge in [0.25, 0.3) is 0 Å². The van der Waals surface area contributed by atoms with Gasteiger partial charge in [-0.05, 0) is 12.1 Å². The van der Waals surface area contributed by atoms with Gasteiger partial charge in [0, 0.05) is 17.1 Å². The number of rotatable bonds is 4. The third kappa shape index (κ3) is 3.12. The molecule has 20 heavy (non-hydrogen) atoms. The number of ether oxygens (including phenoxy) is 1. The second kappa shape index (κ2) is 5.98. The Balaban J connectivity index is 2.11. The first kappa shape index (κ1) is 14.4. The molecule has 2 aromatic rings. The molecule has 0 aliphatic heterocycles. The second-order valence-electron chi connectivity index (χ2n) is 4.06. The van der Waals surface area contributed by atoms with E-state index in [-0.39, 0.29) is 23.4 Å². The van der Waals surface area contributed by atoms with E-state index in [1.807, 2.05) is 0 Å². The highest BCUT2D eigenvalue weighted by atomic mass is 19.2. The predicted molar refractivity (Wildman–Crippen MR) is 66.9 cm³/mol. The molecule has 3 nitrogen and oxygen atoms in total. The summed E-state index contributed by atoms with van der Waals surface area (Å²) in [5.74, 6) is -2.81. The zero-order valence-corrected chi connectivity index (χ0v) is 10.2. The Kier molecular flexibility index (Phi) is 4.31. The van der Waals surface area contributed by atoms with Crippen molar-refractivity contribution in [3.05, 3.63) is 59.4 Å².